The van der Waals surface area contributed by atoms with Crippen molar-refractivity contribution in [3.8, 4) is 0 Å². The Morgan fingerprint density at radius 1 is 1.27 bits per heavy atom. The van der Waals surface area contributed by atoms with Gasteiger partial charge in [0.05, 0.1) is 11.1 Å². The van der Waals surface area contributed by atoms with Crippen molar-refractivity contribution in [2.24, 2.45) is 0 Å². The predicted molar refractivity (Wildman–Crippen MR) is 70.2 cm³/mol. The standard InChI is InChI=1S/C10H20IN3O/c1-9(2)12-10(15)7-13-3-5-14(8-11)6-4-13/h9H,3-8H2,1-2H3,(H,12,15). The van der Waals surface area contributed by atoms with Crippen LogP contribution in [0.5, 0.6) is 0 Å². The van der Waals surface area contributed by atoms with Crippen LogP contribution < -0.4 is 5.32 Å². The largest absolute Gasteiger partial charge is 0.353 e. The van der Waals surface area contributed by atoms with Gasteiger partial charge in [-0.25, -0.2) is 0 Å². The molecule has 1 fully saturated rings. The molecule has 1 heterocycles. The molecule has 1 aliphatic heterocycles. The number of carbonyl (C=O) groups is 1. The molecule has 0 saturated carbocycles. The molecule has 1 rings (SSSR count). The van der Waals surface area contributed by atoms with E-state index < -0.39 is 0 Å². The first-order chi connectivity index (χ1) is 7.11. The van der Waals surface area contributed by atoms with Crippen LogP contribution in [-0.4, -0.2) is 59.0 Å². The molecule has 1 saturated heterocycles. The molecule has 0 unspecified atom stereocenters. The SMILES string of the molecule is CC(C)NC(=O)CN1CCN(CI)CC1. The highest BCUT2D eigenvalue weighted by Gasteiger charge is 2.17. The molecule has 5 heteroatoms. The molecule has 4 nitrogen and oxygen atoms in total. The van der Waals surface area contributed by atoms with E-state index in [0.717, 1.165) is 30.7 Å². The number of nitrogens with one attached hydrogen (secondary N) is 1. The van der Waals surface area contributed by atoms with Crippen LogP contribution >= 0.6 is 22.6 Å². The van der Waals surface area contributed by atoms with Gasteiger partial charge in [0.2, 0.25) is 5.91 Å². The summed E-state index contributed by atoms with van der Waals surface area (Å²) in [5.41, 5.74) is 0. The topological polar surface area (TPSA) is 35.6 Å². The van der Waals surface area contributed by atoms with E-state index in [1.807, 2.05) is 13.8 Å². The lowest BCUT2D eigenvalue weighted by molar-refractivity contribution is -0.123. The van der Waals surface area contributed by atoms with Crippen molar-refractivity contribution >= 4 is 28.5 Å². The number of carbonyl (C=O) groups excluding carboxylic acids is 1. The molecule has 0 bridgehead atoms. The number of rotatable bonds is 4. The maximum absolute atomic E-state index is 11.5. The third-order valence-electron chi connectivity index (χ3n) is 2.45. The number of amides is 1. The molecule has 0 aromatic carbocycles. The van der Waals surface area contributed by atoms with Crippen LogP contribution in [-0.2, 0) is 4.79 Å². The highest BCUT2D eigenvalue weighted by Crippen LogP contribution is 2.02. The van der Waals surface area contributed by atoms with Gasteiger partial charge in [0.1, 0.15) is 0 Å². The average molecular weight is 325 g/mol. The van der Waals surface area contributed by atoms with E-state index in [-0.39, 0.29) is 11.9 Å². The Morgan fingerprint density at radius 3 is 2.27 bits per heavy atom. The normalized spacial score (nSPS) is 19.5. The second kappa shape index (κ2) is 6.65. The van der Waals surface area contributed by atoms with Gasteiger partial charge in [-0.15, -0.1) is 0 Å². The van der Waals surface area contributed by atoms with Crippen molar-refractivity contribution in [3.05, 3.63) is 0 Å². The summed E-state index contributed by atoms with van der Waals surface area (Å²) in [6, 6.07) is 0.244. The fourth-order valence-electron chi connectivity index (χ4n) is 1.64. The van der Waals surface area contributed by atoms with E-state index in [0.29, 0.717) is 6.54 Å². The highest BCUT2D eigenvalue weighted by atomic mass is 127. The summed E-state index contributed by atoms with van der Waals surface area (Å²) >= 11 is 2.38. The molecule has 0 radical (unpaired) electrons. The summed E-state index contributed by atoms with van der Waals surface area (Å²) < 4.78 is 1.09. The predicted octanol–water partition coefficient (Wildman–Crippen LogP) is 0.521. The van der Waals surface area contributed by atoms with Gasteiger partial charge in [0.25, 0.3) is 0 Å². The fourth-order valence-corrected chi connectivity index (χ4v) is 2.32. The Morgan fingerprint density at radius 2 is 1.80 bits per heavy atom. The van der Waals surface area contributed by atoms with Gasteiger partial charge in [-0.05, 0) is 13.8 Å². The molecule has 0 aromatic heterocycles. The van der Waals surface area contributed by atoms with Crippen LogP contribution in [0.1, 0.15) is 13.8 Å². The van der Waals surface area contributed by atoms with Crippen molar-refractivity contribution in [3.63, 3.8) is 0 Å². The van der Waals surface area contributed by atoms with Gasteiger partial charge in [0, 0.05) is 32.2 Å². The number of nitrogens with zero attached hydrogens (tertiary/aromatic N) is 2. The van der Waals surface area contributed by atoms with E-state index in [4.69, 9.17) is 0 Å². The molecular formula is C10H20IN3O. The first-order valence-electron chi connectivity index (χ1n) is 5.42. The molecular weight excluding hydrogens is 305 g/mol. The van der Waals surface area contributed by atoms with Crippen molar-refractivity contribution in [1.29, 1.82) is 0 Å². The van der Waals surface area contributed by atoms with E-state index in [9.17, 15) is 4.79 Å². The van der Waals surface area contributed by atoms with Gasteiger partial charge in [-0.3, -0.25) is 14.6 Å². The van der Waals surface area contributed by atoms with Gasteiger partial charge in [-0.2, -0.15) is 0 Å². The summed E-state index contributed by atoms with van der Waals surface area (Å²) in [5.74, 6) is 0.146. The maximum atomic E-state index is 11.5. The van der Waals surface area contributed by atoms with Crippen LogP contribution in [0.15, 0.2) is 0 Å². The molecule has 1 amide bonds. The Balaban J connectivity index is 2.20. The molecule has 0 aliphatic carbocycles. The molecule has 1 N–H and O–H groups in total. The lowest BCUT2D eigenvalue weighted by atomic mass is 10.3. The quantitative estimate of drug-likeness (QED) is 0.465. The highest BCUT2D eigenvalue weighted by molar-refractivity contribution is 14.1. The van der Waals surface area contributed by atoms with Crippen LogP contribution in [0.4, 0.5) is 0 Å². The van der Waals surface area contributed by atoms with Crippen LogP contribution in [0.3, 0.4) is 0 Å². The zero-order chi connectivity index (χ0) is 11.3. The minimum atomic E-state index is 0.146. The Hall–Kier alpha value is 0.120. The summed E-state index contributed by atoms with van der Waals surface area (Å²) in [6.45, 7) is 8.71. The Bertz CT molecular complexity index is 203. The zero-order valence-electron chi connectivity index (χ0n) is 9.50. The molecule has 1 aliphatic rings. The third-order valence-corrected chi connectivity index (χ3v) is 3.42. The van der Waals surface area contributed by atoms with E-state index in [1.54, 1.807) is 0 Å². The summed E-state index contributed by atoms with van der Waals surface area (Å²) in [7, 11) is 0. The minimum Gasteiger partial charge on any atom is -0.353 e. The number of alkyl halides is 1. The molecule has 15 heavy (non-hydrogen) atoms. The van der Waals surface area contributed by atoms with Crippen molar-refractivity contribution in [2.45, 2.75) is 19.9 Å². The van der Waals surface area contributed by atoms with Gasteiger partial charge >= 0.3 is 0 Å². The van der Waals surface area contributed by atoms with Crippen LogP contribution in [0, 0.1) is 0 Å². The number of hydrogen-bond acceptors (Lipinski definition) is 3. The number of halogens is 1. The molecule has 88 valence electrons. The summed E-state index contributed by atoms with van der Waals surface area (Å²) in [6.07, 6.45) is 0. The zero-order valence-corrected chi connectivity index (χ0v) is 11.7. The molecule has 0 aromatic rings. The second-order valence-corrected chi connectivity index (χ2v) is 4.92. The van der Waals surface area contributed by atoms with Crippen LogP contribution in [0.25, 0.3) is 0 Å². The Labute approximate surface area is 106 Å². The van der Waals surface area contributed by atoms with Gasteiger partial charge in [0.15, 0.2) is 0 Å². The van der Waals surface area contributed by atoms with Crippen LogP contribution in [0.2, 0.25) is 0 Å². The van der Waals surface area contributed by atoms with Crippen molar-refractivity contribution < 1.29 is 4.79 Å². The molecule has 0 spiro atoms. The lowest BCUT2D eigenvalue weighted by Gasteiger charge is -2.33. The first kappa shape index (κ1) is 13.2. The third kappa shape index (κ3) is 5.12. The Kier molecular flexibility index (Phi) is 5.84. The first-order valence-corrected chi connectivity index (χ1v) is 6.94. The van der Waals surface area contributed by atoms with E-state index >= 15 is 0 Å². The van der Waals surface area contributed by atoms with Gasteiger partial charge in [-0.1, -0.05) is 22.6 Å². The lowest BCUT2D eigenvalue weighted by Crippen LogP contribution is -2.49. The van der Waals surface area contributed by atoms with E-state index in [1.165, 1.54) is 0 Å². The van der Waals surface area contributed by atoms with Crippen molar-refractivity contribution in [2.75, 3.05) is 37.3 Å². The monoisotopic (exact) mass is 325 g/mol. The van der Waals surface area contributed by atoms with E-state index in [2.05, 4.69) is 37.7 Å². The van der Waals surface area contributed by atoms with Gasteiger partial charge < -0.3 is 5.32 Å². The summed E-state index contributed by atoms with van der Waals surface area (Å²) in [4.78, 5) is 16.1. The number of hydrogen-bond donors (Lipinski definition) is 1. The summed E-state index contributed by atoms with van der Waals surface area (Å²) in [5, 5.41) is 2.92. The number of piperazine rings is 1. The second-order valence-electron chi connectivity index (χ2n) is 4.24. The molecule has 0 atom stereocenters. The smallest absolute Gasteiger partial charge is 0.234 e. The average Bonchev–Trinajstić information content (AvgIpc) is 2.17. The fraction of sp³-hybridized carbons (Fsp3) is 0.900. The van der Waals surface area contributed by atoms with Crippen molar-refractivity contribution in [1.82, 2.24) is 15.1 Å². The minimum absolute atomic E-state index is 0.146. The maximum Gasteiger partial charge on any atom is 0.234 e.